The Hall–Kier alpha value is -2.70. The number of guanidine groups is 1. The molecule has 2 N–H and O–H groups in total. The Bertz CT molecular complexity index is 687. The van der Waals surface area contributed by atoms with Gasteiger partial charge in [-0.1, -0.05) is 13.0 Å². The van der Waals surface area contributed by atoms with E-state index in [1.807, 2.05) is 48.1 Å². The molecule has 0 saturated carbocycles. The van der Waals surface area contributed by atoms with E-state index in [1.54, 1.807) is 13.3 Å². The molecule has 7 nitrogen and oxygen atoms in total. The molecule has 27 heavy (non-hydrogen) atoms. The topological polar surface area (TPSA) is 72.7 Å². The fourth-order valence-corrected chi connectivity index (χ4v) is 2.56. The van der Waals surface area contributed by atoms with Crippen LogP contribution in [0.5, 0.6) is 11.5 Å². The van der Waals surface area contributed by atoms with E-state index >= 15 is 0 Å². The zero-order valence-electron chi connectivity index (χ0n) is 16.7. The zero-order chi connectivity index (χ0) is 19.5. The second-order valence-corrected chi connectivity index (χ2v) is 6.54. The molecule has 1 heterocycles. The first-order valence-corrected chi connectivity index (χ1v) is 9.41. The van der Waals surface area contributed by atoms with Gasteiger partial charge in [0.05, 0.1) is 13.7 Å². The van der Waals surface area contributed by atoms with E-state index in [1.165, 1.54) is 0 Å². The maximum atomic E-state index is 5.94. The maximum Gasteiger partial charge on any atom is 0.191 e. The van der Waals surface area contributed by atoms with Gasteiger partial charge in [-0.3, -0.25) is 9.67 Å². The number of aliphatic imine (C=N–C) groups is 1. The van der Waals surface area contributed by atoms with Crippen molar-refractivity contribution in [1.82, 2.24) is 20.4 Å². The van der Waals surface area contributed by atoms with Gasteiger partial charge in [-0.2, -0.15) is 5.10 Å². The summed E-state index contributed by atoms with van der Waals surface area (Å²) in [5.41, 5.74) is 0. The quantitative estimate of drug-likeness (QED) is 0.495. The number of hydrogen-bond donors (Lipinski definition) is 2. The third kappa shape index (κ3) is 7.60. The predicted octanol–water partition coefficient (Wildman–Crippen LogP) is 2.55. The Morgan fingerprint density at radius 1 is 1.22 bits per heavy atom. The van der Waals surface area contributed by atoms with Gasteiger partial charge in [-0.25, -0.2) is 0 Å². The average Bonchev–Trinajstić information content (AvgIpc) is 3.17. The number of aromatic nitrogens is 2. The van der Waals surface area contributed by atoms with Crippen LogP contribution in [0.4, 0.5) is 0 Å². The summed E-state index contributed by atoms with van der Waals surface area (Å²) in [5.74, 6) is 2.77. The van der Waals surface area contributed by atoms with Gasteiger partial charge in [0, 0.05) is 38.1 Å². The minimum absolute atomic E-state index is 0.0116. The number of ether oxygens (including phenoxy) is 2. The Morgan fingerprint density at radius 2 is 2.04 bits per heavy atom. The van der Waals surface area contributed by atoms with Crippen LogP contribution in [-0.4, -0.2) is 48.6 Å². The van der Waals surface area contributed by atoms with Crippen molar-refractivity contribution in [3.8, 4) is 11.5 Å². The summed E-state index contributed by atoms with van der Waals surface area (Å²) in [4.78, 5) is 4.68. The van der Waals surface area contributed by atoms with Gasteiger partial charge in [0.2, 0.25) is 0 Å². The molecular weight excluding hydrogens is 342 g/mol. The lowest BCUT2D eigenvalue weighted by atomic mass is 10.2. The normalized spacial score (nSPS) is 13.7. The van der Waals surface area contributed by atoms with Crippen LogP contribution in [0, 0.1) is 5.92 Å². The van der Waals surface area contributed by atoms with Gasteiger partial charge in [0.25, 0.3) is 0 Å². The van der Waals surface area contributed by atoms with Crippen molar-refractivity contribution in [3.63, 3.8) is 0 Å². The van der Waals surface area contributed by atoms with E-state index in [0.29, 0.717) is 12.5 Å². The van der Waals surface area contributed by atoms with Crippen molar-refractivity contribution in [2.24, 2.45) is 10.9 Å². The average molecular weight is 374 g/mol. The summed E-state index contributed by atoms with van der Waals surface area (Å²) < 4.78 is 13.1. The van der Waals surface area contributed by atoms with Crippen LogP contribution >= 0.6 is 0 Å². The first-order valence-electron chi connectivity index (χ1n) is 9.41. The van der Waals surface area contributed by atoms with Crippen LogP contribution < -0.4 is 20.1 Å². The third-order valence-corrected chi connectivity index (χ3v) is 3.90. The Kier molecular flexibility index (Phi) is 8.48. The molecule has 0 radical (unpaired) electrons. The van der Waals surface area contributed by atoms with E-state index in [2.05, 4.69) is 34.6 Å². The lowest BCUT2D eigenvalue weighted by Crippen LogP contribution is -2.42. The SMILES string of the molecule is CCNC(=NCC(C)Cn1cccn1)NCC(C)Oc1cccc(OC)c1. The molecule has 0 amide bonds. The molecule has 0 saturated heterocycles. The molecule has 7 heteroatoms. The Balaban J connectivity index is 1.81. The van der Waals surface area contributed by atoms with Crippen LogP contribution in [0.2, 0.25) is 0 Å². The van der Waals surface area contributed by atoms with Crippen molar-refractivity contribution in [2.45, 2.75) is 33.4 Å². The monoisotopic (exact) mass is 373 g/mol. The molecule has 2 aromatic rings. The van der Waals surface area contributed by atoms with Gasteiger partial charge in [-0.05, 0) is 38.0 Å². The molecule has 0 aliphatic carbocycles. The second-order valence-electron chi connectivity index (χ2n) is 6.54. The zero-order valence-corrected chi connectivity index (χ0v) is 16.7. The summed E-state index contributed by atoms with van der Waals surface area (Å²) >= 11 is 0. The summed E-state index contributed by atoms with van der Waals surface area (Å²) in [5, 5.41) is 10.9. The van der Waals surface area contributed by atoms with Crippen LogP contribution in [0.25, 0.3) is 0 Å². The highest BCUT2D eigenvalue weighted by molar-refractivity contribution is 5.79. The highest BCUT2D eigenvalue weighted by Crippen LogP contribution is 2.19. The molecule has 1 aromatic carbocycles. The summed E-state index contributed by atoms with van der Waals surface area (Å²) in [6.07, 6.45) is 3.76. The fraction of sp³-hybridized carbons (Fsp3) is 0.500. The lowest BCUT2D eigenvalue weighted by Gasteiger charge is -2.18. The summed E-state index contributed by atoms with van der Waals surface area (Å²) in [6.45, 7) is 9.28. The van der Waals surface area contributed by atoms with Crippen LogP contribution in [0.15, 0.2) is 47.7 Å². The minimum Gasteiger partial charge on any atom is -0.497 e. The Morgan fingerprint density at radius 3 is 2.74 bits per heavy atom. The van der Waals surface area contributed by atoms with Gasteiger partial charge in [0.15, 0.2) is 5.96 Å². The molecule has 0 fully saturated rings. The van der Waals surface area contributed by atoms with E-state index in [9.17, 15) is 0 Å². The predicted molar refractivity (Wildman–Crippen MR) is 108 cm³/mol. The molecule has 148 valence electrons. The number of nitrogens with one attached hydrogen (secondary N) is 2. The maximum absolute atomic E-state index is 5.94. The van der Waals surface area contributed by atoms with Crippen LogP contribution in [0.1, 0.15) is 20.8 Å². The fourth-order valence-electron chi connectivity index (χ4n) is 2.56. The molecular formula is C20H31N5O2. The highest BCUT2D eigenvalue weighted by Gasteiger charge is 2.08. The van der Waals surface area contributed by atoms with Gasteiger partial charge >= 0.3 is 0 Å². The molecule has 2 unspecified atom stereocenters. The van der Waals surface area contributed by atoms with E-state index in [4.69, 9.17) is 9.47 Å². The largest absolute Gasteiger partial charge is 0.497 e. The third-order valence-electron chi connectivity index (χ3n) is 3.90. The van der Waals surface area contributed by atoms with Crippen molar-refractivity contribution < 1.29 is 9.47 Å². The van der Waals surface area contributed by atoms with E-state index in [0.717, 1.165) is 37.1 Å². The lowest BCUT2D eigenvalue weighted by molar-refractivity contribution is 0.223. The number of nitrogens with zero attached hydrogens (tertiary/aromatic N) is 3. The van der Waals surface area contributed by atoms with Crippen molar-refractivity contribution >= 4 is 5.96 Å². The number of benzene rings is 1. The van der Waals surface area contributed by atoms with Crippen molar-refractivity contribution in [2.75, 3.05) is 26.7 Å². The van der Waals surface area contributed by atoms with Crippen LogP contribution in [-0.2, 0) is 6.54 Å². The van der Waals surface area contributed by atoms with E-state index < -0.39 is 0 Å². The Labute approximate surface area is 161 Å². The molecule has 0 aliphatic heterocycles. The van der Waals surface area contributed by atoms with Gasteiger partial charge in [0.1, 0.15) is 17.6 Å². The van der Waals surface area contributed by atoms with Gasteiger partial charge in [-0.15, -0.1) is 0 Å². The first-order chi connectivity index (χ1) is 13.1. The molecule has 2 rings (SSSR count). The van der Waals surface area contributed by atoms with Crippen molar-refractivity contribution in [3.05, 3.63) is 42.7 Å². The number of methoxy groups -OCH3 is 1. The molecule has 1 aromatic heterocycles. The van der Waals surface area contributed by atoms with Gasteiger partial charge < -0.3 is 20.1 Å². The smallest absolute Gasteiger partial charge is 0.191 e. The molecule has 0 bridgehead atoms. The standard InChI is InChI=1S/C20H31N5O2/c1-5-21-20(22-13-16(2)15-25-11-7-10-24-25)23-14-17(3)27-19-9-6-8-18(12-19)26-4/h6-12,16-17H,5,13-15H2,1-4H3,(H2,21,22,23). The summed E-state index contributed by atoms with van der Waals surface area (Å²) in [6, 6.07) is 9.56. The second kappa shape index (κ2) is 11.1. The number of hydrogen-bond acceptors (Lipinski definition) is 4. The van der Waals surface area contributed by atoms with Crippen molar-refractivity contribution in [1.29, 1.82) is 0 Å². The molecule has 2 atom stereocenters. The molecule has 0 spiro atoms. The number of rotatable bonds is 10. The van der Waals surface area contributed by atoms with E-state index in [-0.39, 0.29) is 6.10 Å². The minimum atomic E-state index is -0.0116. The summed E-state index contributed by atoms with van der Waals surface area (Å²) in [7, 11) is 1.65. The first kappa shape index (κ1) is 20.6. The van der Waals surface area contributed by atoms with Crippen LogP contribution in [0.3, 0.4) is 0 Å². The molecule has 0 aliphatic rings. The highest BCUT2D eigenvalue weighted by atomic mass is 16.5.